The lowest BCUT2D eigenvalue weighted by Crippen LogP contribution is -2.00. The molecular formula is C7H6BrN3. The highest BCUT2D eigenvalue weighted by atomic mass is 79.9. The molecule has 0 aromatic carbocycles. The van der Waals surface area contributed by atoms with Gasteiger partial charge in [-0.25, -0.2) is 9.97 Å². The molecule has 1 heterocycles. The molecule has 1 aromatic heterocycles. The summed E-state index contributed by atoms with van der Waals surface area (Å²) >= 11 is 3.20. The molecule has 0 radical (unpaired) electrons. The van der Waals surface area contributed by atoms with E-state index in [9.17, 15) is 0 Å². The van der Waals surface area contributed by atoms with Gasteiger partial charge in [-0.1, -0.05) is 0 Å². The summed E-state index contributed by atoms with van der Waals surface area (Å²) < 4.78 is 0.639. The van der Waals surface area contributed by atoms with Gasteiger partial charge in [0.05, 0.1) is 5.69 Å². The largest absolute Gasteiger partial charge is 0.381 e. The normalized spacial score (nSPS) is 9.18. The Labute approximate surface area is 73.2 Å². The topological polar surface area (TPSA) is 51.8 Å². The van der Waals surface area contributed by atoms with E-state index in [-0.39, 0.29) is 0 Å². The zero-order valence-corrected chi connectivity index (χ0v) is 7.51. The van der Waals surface area contributed by atoms with Crippen LogP contribution in [0.2, 0.25) is 0 Å². The van der Waals surface area contributed by atoms with Crippen LogP contribution in [0.1, 0.15) is 11.4 Å². The second kappa shape index (κ2) is 2.89. The van der Waals surface area contributed by atoms with Gasteiger partial charge in [-0.15, -0.1) is 6.42 Å². The summed E-state index contributed by atoms with van der Waals surface area (Å²) in [6.07, 6.45) is 5.12. The van der Waals surface area contributed by atoms with Crippen LogP contribution >= 0.6 is 15.9 Å². The maximum absolute atomic E-state index is 5.46. The van der Waals surface area contributed by atoms with Crippen molar-refractivity contribution in [2.45, 2.75) is 6.92 Å². The first kappa shape index (κ1) is 8.02. The standard InChI is InChI=1S/C7H6BrN3/c1-3-5-7(9)10-4(2)6(8)11-5/h1H,2H3,(H2,9,10). The summed E-state index contributed by atoms with van der Waals surface area (Å²) in [5, 5.41) is 0. The van der Waals surface area contributed by atoms with Gasteiger partial charge in [0.15, 0.2) is 11.5 Å². The zero-order chi connectivity index (χ0) is 8.43. The summed E-state index contributed by atoms with van der Waals surface area (Å²) in [4.78, 5) is 7.95. The van der Waals surface area contributed by atoms with Crippen molar-refractivity contribution in [2.75, 3.05) is 5.73 Å². The molecule has 56 valence electrons. The molecule has 0 fully saturated rings. The molecular weight excluding hydrogens is 206 g/mol. The molecule has 0 bridgehead atoms. The monoisotopic (exact) mass is 211 g/mol. The van der Waals surface area contributed by atoms with E-state index in [2.05, 4.69) is 31.8 Å². The Hall–Kier alpha value is -1.08. The molecule has 1 rings (SSSR count). The molecule has 0 atom stereocenters. The van der Waals surface area contributed by atoms with Gasteiger partial charge in [-0.05, 0) is 28.8 Å². The molecule has 0 aliphatic carbocycles. The van der Waals surface area contributed by atoms with Crippen LogP contribution in [-0.2, 0) is 0 Å². The van der Waals surface area contributed by atoms with Crippen molar-refractivity contribution < 1.29 is 0 Å². The maximum atomic E-state index is 5.46. The Kier molecular flexibility index (Phi) is 2.11. The van der Waals surface area contributed by atoms with Gasteiger partial charge in [0, 0.05) is 0 Å². The van der Waals surface area contributed by atoms with E-state index in [1.54, 1.807) is 6.92 Å². The van der Waals surface area contributed by atoms with Crippen LogP contribution < -0.4 is 5.73 Å². The SMILES string of the molecule is C#Cc1nc(Br)c(C)nc1N. The fourth-order valence-corrected chi connectivity index (χ4v) is 0.888. The van der Waals surface area contributed by atoms with Crippen LogP contribution in [0.25, 0.3) is 0 Å². The number of hydrogen-bond acceptors (Lipinski definition) is 3. The molecule has 11 heavy (non-hydrogen) atoms. The average molecular weight is 212 g/mol. The summed E-state index contributed by atoms with van der Waals surface area (Å²) in [6, 6.07) is 0. The average Bonchev–Trinajstić information content (AvgIpc) is 1.97. The van der Waals surface area contributed by atoms with Gasteiger partial charge in [0.2, 0.25) is 0 Å². The van der Waals surface area contributed by atoms with E-state index in [0.29, 0.717) is 16.1 Å². The van der Waals surface area contributed by atoms with Gasteiger partial charge in [0.25, 0.3) is 0 Å². The number of nitrogens with two attached hydrogens (primary N) is 1. The third-order valence-electron chi connectivity index (χ3n) is 1.18. The predicted molar refractivity (Wildman–Crippen MR) is 46.8 cm³/mol. The van der Waals surface area contributed by atoms with Crippen LogP contribution in [0.3, 0.4) is 0 Å². The van der Waals surface area contributed by atoms with Gasteiger partial charge in [0.1, 0.15) is 4.60 Å². The fraction of sp³-hybridized carbons (Fsp3) is 0.143. The van der Waals surface area contributed by atoms with Crippen LogP contribution in [0.4, 0.5) is 5.82 Å². The third-order valence-corrected chi connectivity index (χ3v) is 1.93. The first-order valence-electron chi connectivity index (χ1n) is 2.91. The van der Waals surface area contributed by atoms with Crippen LogP contribution in [-0.4, -0.2) is 9.97 Å². The molecule has 0 amide bonds. The van der Waals surface area contributed by atoms with Crippen molar-refractivity contribution in [3.8, 4) is 12.3 Å². The Balaban J connectivity index is 3.35. The second-order valence-electron chi connectivity index (χ2n) is 1.98. The number of rotatable bonds is 0. The van der Waals surface area contributed by atoms with E-state index < -0.39 is 0 Å². The molecule has 4 heteroatoms. The van der Waals surface area contributed by atoms with Crippen molar-refractivity contribution in [3.63, 3.8) is 0 Å². The van der Waals surface area contributed by atoms with Crippen molar-refractivity contribution in [1.29, 1.82) is 0 Å². The predicted octanol–water partition coefficient (Wildman–Crippen LogP) is 1.11. The number of halogens is 1. The number of nitrogens with zero attached hydrogens (tertiary/aromatic N) is 2. The molecule has 0 saturated heterocycles. The van der Waals surface area contributed by atoms with Crippen LogP contribution in [0.15, 0.2) is 4.60 Å². The maximum Gasteiger partial charge on any atom is 0.158 e. The van der Waals surface area contributed by atoms with E-state index >= 15 is 0 Å². The molecule has 1 aromatic rings. The van der Waals surface area contributed by atoms with Gasteiger partial charge in [-0.3, -0.25) is 0 Å². The highest BCUT2D eigenvalue weighted by Crippen LogP contribution is 2.14. The van der Waals surface area contributed by atoms with E-state index in [1.165, 1.54) is 0 Å². The third kappa shape index (κ3) is 1.49. The van der Waals surface area contributed by atoms with Crippen molar-refractivity contribution in [2.24, 2.45) is 0 Å². The summed E-state index contributed by atoms with van der Waals surface area (Å²) in [5.74, 6) is 2.63. The minimum Gasteiger partial charge on any atom is -0.381 e. The fourth-order valence-electron chi connectivity index (χ4n) is 0.622. The lowest BCUT2D eigenvalue weighted by atomic mass is 10.4. The van der Waals surface area contributed by atoms with Gasteiger partial charge < -0.3 is 5.73 Å². The lowest BCUT2D eigenvalue weighted by Gasteiger charge is -1.99. The molecule has 0 unspecified atom stereocenters. The minimum atomic E-state index is 0.299. The Morgan fingerprint density at radius 3 is 2.73 bits per heavy atom. The highest BCUT2D eigenvalue weighted by molar-refractivity contribution is 9.10. The lowest BCUT2D eigenvalue weighted by molar-refractivity contribution is 1.08. The van der Waals surface area contributed by atoms with Crippen molar-refractivity contribution >= 4 is 21.7 Å². The molecule has 0 aliphatic rings. The van der Waals surface area contributed by atoms with Crippen LogP contribution in [0, 0.1) is 19.3 Å². The summed E-state index contributed by atoms with van der Waals surface area (Å²) in [5.41, 5.74) is 6.58. The first-order valence-corrected chi connectivity index (χ1v) is 3.70. The number of aryl methyl sites for hydroxylation is 1. The van der Waals surface area contributed by atoms with Crippen molar-refractivity contribution in [1.82, 2.24) is 9.97 Å². The molecule has 0 saturated carbocycles. The molecule has 3 nitrogen and oxygen atoms in total. The molecule has 0 spiro atoms. The quantitative estimate of drug-likeness (QED) is 0.655. The Morgan fingerprint density at radius 1 is 1.55 bits per heavy atom. The summed E-state index contributed by atoms with van der Waals surface area (Å²) in [6.45, 7) is 1.80. The number of aromatic nitrogens is 2. The van der Waals surface area contributed by atoms with E-state index in [4.69, 9.17) is 12.2 Å². The van der Waals surface area contributed by atoms with Gasteiger partial charge in [-0.2, -0.15) is 0 Å². The van der Waals surface area contributed by atoms with Gasteiger partial charge >= 0.3 is 0 Å². The number of nitrogen functional groups attached to an aromatic ring is 1. The smallest absolute Gasteiger partial charge is 0.158 e. The number of hydrogen-bond donors (Lipinski definition) is 1. The minimum absolute atomic E-state index is 0.299. The first-order chi connectivity index (χ1) is 5.15. The van der Waals surface area contributed by atoms with E-state index in [0.717, 1.165) is 5.69 Å². The zero-order valence-electron chi connectivity index (χ0n) is 5.93. The highest BCUT2D eigenvalue weighted by Gasteiger charge is 2.03. The Morgan fingerprint density at radius 2 is 2.18 bits per heavy atom. The van der Waals surface area contributed by atoms with Crippen molar-refractivity contribution in [3.05, 3.63) is 16.0 Å². The molecule has 0 aliphatic heterocycles. The van der Waals surface area contributed by atoms with Crippen LogP contribution in [0.5, 0.6) is 0 Å². The molecule has 2 N–H and O–H groups in total. The Bertz CT molecular complexity index is 327. The second-order valence-corrected chi connectivity index (χ2v) is 2.73. The number of anilines is 1. The number of terminal acetylenes is 1. The summed E-state index contributed by atoms with van der Waals surface area (Å²) in [7, 11) is 0. The van der Waals surface area contributed by atoms with E-state index in [1.807, 2.05) is 0 Å².